The molecule has 1 aliphatic heterocycles. The standard InChI is InChI=1S/C21H21N3O2/c1-14-8-10-15(11-9-14)19-18-7-2-3-12-22-20(18)24(23-19)17-6-4-5-16(13-17)21(25)26/h4-6,8-11,13,22H,2-3,7,12H2,1H3,(H,25,26). The SMILES string of the molecule is Cc1ccc(-c2nn(-c3cccc(C(=O)O)c3)c3c2CCCCN3)cc1. The Labute approximate surface area is 152 Å². The van der Waals surface area contributed by atoms with Crippen molar-refractivity contribution in [3.8, 4) is 16.9 Å². The van der Waals surface area contributed by atoms with Crippen LogP contribution in [0.3, 0.4) is 0 Å². The molecule has 0 spiro atoms. The van der Waals surface area contributed by atoms with Crippen molar-refractivity contribution in [3.05, 3.63) is 65.2 Å². The third kappa shape index (κ3) is 2.96. The predicted molar refractivity (Wildman–Crippen MR) is 102 cm³/mol. The van der Waals surface area contributed by atoms with Crippen LogP contribution in [-0.4, -0.2) is 27.4 Å². The molecule has 2 aromatic carbocycles. The van der Waals surface area contributed by atoms with Gasteiger partial charge in [0.1, 0.15) is 5.82 Å². The van der Waals surface area contributed by atoms with Crippen LogP contribution in [0.2, 0.25) is 0 Å². The largest absolute Gasteiger partial charge is 0.478 e. The summed E-state index contributed by atoms with van der Waals surface area (Å²) in [5, 5.41) is 17.7. The molecule has 0 atom stereocenters. The summed E-state index contributed by atoms with van der Waals surface area (Å²) < 4.78 is 1.85. The number of anilines is 1. The van der Waals surface area contributed by atoms with Crippen molar-refractivity contribution in [1.82, 2.24) is 9.78 Å². The molecule has 0 unspecified atom stereocenters. The zero-order chi connectivity index (χ0) is 18.1. The van der Waals surface area contributed by atoms with E-state index in [1.165, 1.54) is 11.1 Å². The van der Waals surface area contributed by atoms with Crippen LogP contribution in [0.5, 0.6) is 0 Å². The fourth-order valence-electron chi connectivity index (χ4n) is 3.40. The van der Waals surface area contributed by atoms with E-state index in [4.69, 9.17) is 5.10 Å². The number of carboxylic acid groups (broad SMARTS) is 1. The van der Waals surface area contributed by atoms with E-state index in [-0.39, 0.29) is 5.56 Å². The third-order valence-electron chi connectivity index (χ3n) is 4.79. The second-order valence-corrected chi connectivity index (χ2v) is 6.69. The first-order chi connectivity index (χ1) is 12.6. The molecule has 5 nitrogen and oxygen atoms in total. The highest BCUT2D eigenvalue weighted by Crippen LogP contribution is 2.34. The van der Waals surface area contributed by atoms with E-state index >= 15 is 0 Å². The van der Waals surface area contributed by atoms with E-state index in [0.29, 0.717) is 0 Å². The first-order valence-electron chi connectivity index (χ1n) is 8.90. The Balaban J connectivity index is 1.89. The maximum absolute atomic E-state index is 11.3. The summed E-state index contributed by atoms with van der Waals surface area (Å²) >= 11 is 0. The molecule has 1 aromatic heterocycles. The molecule has 0 radical (unpaired) electrons. The van der Waals surface area contributed by atoms with Gasteiger partial charge in [-0.25, -0.2) is 9.48 Å². The number of carbonyl (C=O) groups is 1. The molecular weight excluding hydrogens is 326 g/mol. The minimum absolute atomic E-state index is 0.261. The molecule has 1 aliphatic rings. The van der Waals surface area contributed by atoms with Crippen molar-refractivity contribution < 1.29 is 9.90 Å². The van der Waals surface area contributed by atoms with Crippen LogP contribution in [0.4, 0.5) is 5.82 Å². The fourth-order valence-corrected chi connectivity index (χ4v) is 3.40. The Morgan fingerprint density at radius 2 is 1.96 bits per heavy atom. The summed E-state index contributed by atoms with van der Waals surface area (Å²) in [4.78, 5) is 11.3. The second-order valence-electron chi connectivity index (χ2n) is 6.69. The topological polar surface area (TPSA) is 67.2 Å². The average Bonchev–Trinajstić information content (AvgIpc) is 2.84. The van der Waals surface area contributed by atoms with E-state index in [0.717, 1.165) is 48.6 Å². The number of nitrogens with zero attached hydrogens (tertiary/aromatic N) is 2. The molecule has 26 heavy (non-hydrogen) atoms. The van der Waals surface area contributed by atoms with Gasteiger partial charge in [-0.05, 0) is 44.4 Å². The summed E-state index contributed by atoms with van der Waals surface area (Å²) in [5.41, 5.74) is 5.49. The molecule has 2 heterocycles. The summed E-state index contributed by atoms with van der Waals surface area (Å²) in [6.45, 7) is 2.96. The van der Waals surface area contributed by atoms with Crippen LogP contribution in [0.15, 0.2) is 48.5 Å². The van der Waals surface area contributed by atoms with Crippen LogP contribution in [0, 0.1) is 6.92 Å². The molecule has 5 heteroatoms. The van der Waals surface area contributed by atoms with Crippen LogP contribution in [0.1, 0.15) is 34.3 Å². The number of benzene rings is 2. The number of aromatic carboxylic acids is 1. The monoisotopic (exact) mass is 347 g/mol. The lowest BCUT2D eigenvalue weighted by Crippen LogP contribution is -2.08. The molecule has 4 rings (SSSR count). The number of hydrogen-bond donors (Lipinski definition) is 2. The van der Waals surface area contributed by atoms with E-state index in [2.05, 4.69) is 36.5 Å². The number of carboxylic acids is 1. The first-order valence-corrected chi connectivity index (χ1v) is 8.90. The van der Waals surface area contributed by atoms with E-state index in [9.17, 15) is 9.90 Å². The van der Waals surface area contributed by atoms with Crippen molar-refractivity contribution in [2.45, 2.75) is 26.2 Å². The fraction of sp³-hybridized carbons (Fsp3) is 0.238. The molecule has 3 aromatic rings. The highest BCUT2D eigenvalue weighted by atomic mass is 16.4. The second kappa shape index (κ2) is 6.67. The molecule has 0 saturated heterocycles. The Morgan fingerprint density at radius 1 is 1.15 bits per heavy atom. The predicted octanol–water partition coefficient (Wildman–Crippen LogP) is 4.29. The number of rotatable bonds is 3. The van der Waals surface area contributed by atoms with Gasteiger partial charge in [0.05, 0.1) is 16.9 Å². The molecular formula is C21H21N3O2. The Bertz CT molecular complexity index is 958. The van der Waals surface area contributed by atoms with Gasteiger partial charge in [0.25, 0.3) is 0 Å². The van der Waals surface area contributed by atoms with Crippen LogP contribution in [0.25, 0.3) is 16.9 Å². The van der Waals surface area contributed by atoms with Crippen molar-refractivity contribution in [2.24, 2.45) is 0 Å². The number of fused-ring (bicyclic) bond motifs is 1. The lowest BCUT2D eigenvalue weighted by Gasteiger charge is -2.09. The number of nitrogens with one attached hydrogen (secondary N) is 1. The molecule has 2 N–H and O–H groups in total. The van der Waals surface area contributed by atoms with Crippen molar-refractivity contribution in [3.63, 3.8) is 0 Å². The quantitative estimate of drug-likeness (QED) is 0.741. The first kappa shape index (κ1) is 16.4. The maximum Gasteiger partial charge on any atom is 0.335 e. The molecule has 0 bridgehead atoms. The number of aryl methyl sites for hydroxylation is 1. The van der Waals surface area contributed by atoms with Crippen LogP contribution in [-0.2, 0) is 6.42 Å². The van der Waals surface area contributed by atoms with E-state index in [1.807, 2.05) is 10.7 Å². The van der Waals surface area contributed by atoms with Crippen LogP contribution < -0.4 is 5.32 Å². The Kier molecular flexibility index (Phi) is 4.21. The van der Waals surface area contributed by atoms with Gasteiger partial charge in [0, 0.05) is 17.7 Å². The average molecular weight is 347 g/mol. The molecule has 0 fully saturated rings. The smallest absolute Gasteiger partial charge is 0.335 e. The van der Waals surface area contributed by atoms with E-state index < -0.39 is 5.97 Å². The highest BCUT2D eigenvalue weighted by Gasteiger charge is 2.22. The lowest BCUT2D eigenvalue weighted by atomic mass is 10.0. The summed E-state index contributed by atoms with van der Waals surface area (Å²) in [6, 6.07) is 15.3. The van der Waals surface area contributed by atoms with Crippen molar-refractivity contribution in [2.75, 3.05) is 11.9 Å². The minimum atomic E-state index is -0.934. The van der Waals surface area contributed by atoms with Gasteiger partial charge in [-0.1, -0.05) is 35.9 Å². The minimum Gasteiger partial charge on any atom is -0.478 e. The normalized spacial score (nSPS) is 13.6. The summed E-state index contributed by atoms with van der Waals surface area (Å²) in [5.74, 6) is 0.0393. The van der Waals surface area contributed by atoms with Gasteiger partial charge in [-0.15, -0.1) is 0 Å². The number of hydrogen-bond acceptors (Lipinski definition) is 3. The number of aromatic nitrogens is 2. The van der Waals surface area contributed by atoms with Crippen molar-refractivity contribution in [1.29, 1.82) is 0 Å². The zero-order valence-corrected chi connectivity index (χ0v) is 14.7. The lowest BCUT2D eigenvalue weighted by molar-refractivity contribution is 0.0697. The molecule has 132 valence electrons. The molecule has 0 aliphatic carbocycles. The Morgan fingerprint density at radius 3 is 2.73 bits per heavy atom. The van der Waals surface area contributed by atoms with Crippen molar-refractivity contribution >= 4 is 11.8 Å². The highest BCUT2D eigenvalue weighted by molar-refractivity contribution is 5.88. The van der Waals surface area contributed by atoms with Gasteiger partial charge in [0.2, 0.25) is 0 Å². The van der Waals surface area contributed by atoms with Gasteiger partial charge >= 0.3 is 5.97 Å². The van der Waals surface area contributed by atoms with Gasteiger partial charge in [0.15, 0.2) is 0 Å². The van der Waals surface area contributed by atoms with Gasteiger partial charge in [-0.3, -0.25) is 0 Å². The molecule has 0 amide bonds. The maximum atomic E-state index is 11.3. The Hall–Kier alpha value is -3.08. The molecule has 0 saturated carbocycles. The van der Waals surface area contributed by atoms with Crippen LogP contribution >= 0.6 is 0 Å². The summed E-state index contributed by atoms with van der Waals surface area (Å²) in [6.07, 6.45) is 3.18. The zero-order valence-electron chi connectivity index (χ0n) is 14.7. The third-order valence-corrected chi connectivity index (χ3v) is 4.79. The summed E-state index contributed by atoms with van der Waals surface area (Å²) in [7, 11) is 0. The van der Waals surface area contributed by atoms with Gasteiger partial charge < -0.3 is 10.4 Å². The van der Waals surface area contributed by atoms with Gasteiger partial charge in [-0.2, -0.15) is 5.10 Å². The van der Waals surface area contributed by atoms with E-state index in [1.54, 1.807) is 18.2 Å².